The molecule has 6 nitrogen and oxygen atoms in total. The van der Waals surface area contributed by atoms with Crippen molar-refractivity contribution in [2.75, 3.05) is 26.7 Å². The monoisotopic (exact) mass is 425 g/mol. The van der Waals surface area contributed by atoms with Gasteiger partial charge in [0, 0.05) is 19.5 Å². The molecule has 2 aromatic rings. The highest BCUT2D eigenvalue weighted by atomic mass is 35.5. The maximum absolute atomic E-state index is 12.9. The van der Waals surface area contributed by atoms with Gasteiger partial charge in [-0.15, -0.1) is 17.5 Å². The number of piperidine rings is 1. The van der Waals surface area contributed by atoms with E-state index in [1.165, 1.54) is 6.42 Å². The number of halogens is 2. The van der Waals surface area contributed by atoms with E-state index in [0.29, 0.717) is 10.9 Å². The van der Waals surface area contributed by atoms with Crippen molar-refractivity contribution in [3.63, 3.8) is 0 Å². The van der Waals surface area contributed by atoms with E-state index in [1.54, 1.807) is 4.68 Å². The molecule has 1 fully saturated rings. The molecule has 28 heavy (non-hydrogen) atoms. The molecule has 1 aromatic carbocycles. The molecule has 0 unspecified atom stereocenters. The Labute approximate surface area is 178 Å². The maximum Gasteiger partial charge on any atom is 0.293 e. The lowest BCUT2D eigenvalue weighted by Crippen LogP contribution is -2.39. The number of para-hydroxylation sites is 1. The first-order valence-electron chi connectivity index (χ1n) is 9.78. The van der Waals surface area contributed by atoms with E-state index in [0.717, 1.165) is 56.8 Å². The highest BCUT2D eigenvalue weighted by Gasteiger charge is 2.27. The van der Waals surface area contributed by atoms with Crippen LogP contribution in [0.5, 0.6) is 0 Å². The van der Waals surface area contributed by atoms with Gasteiger partial charge in [-0.25, -0.2) is 9.67 Å². The van der Waals surface area contributed by atoms with Crippen LogP contribution in [0.15, 0.2) is 24.3 Å². The molecule has 1 aliphatic heterocycles. The van der Waals surface area contributed by atoms with Gasteiger partial charge in [0.05, 0.1) is 10.7 Å². The number of hydrogen-bond acceptors (Lipinski definition) is 4. The average Bonchev–Trinajstić information content (AvgIpc) is 3.10. The second-order valence-corrected chi connectivity index (χ2v) is 7.50. The first-order valence-corrected chi connectivity index (χ1v) is 10.2. The van der Waals surface area contributed by atoms with Crippen molar-refractivity contribution in [3.8, 4) is 5.69 Å². The van der Waals surface area contributed by atoms with E-state index in [1.807, 2.05) is 36.2 Å². The van der Waals surface area contributed by atoms with E-state index in [-0.39, 0.29) is 24.1 Å². The van der Waals surface area contributed by atoms with Gasteiger partial charge in [-0.2, -0.15) is 0 Å². The maximum atomic E-state index is 12.9. The second kappa shape index (κ2) is 10.8. The van der Waals surface area contributed by atoms with Crippen molar-refractivity contribution in [2.24, 2.45) is 5.92 Å². The van der Waals surface area contributed by atoms with Crippen molar-refractivity contribution in [3.05, 3.63) is 40.9 Å². The lowest BCUT2D eigenvalue weighted by Gasteiger charge is -2.31. The van der Waals surface area contributed by atoms with Crippen molar-refractivity contribution in [1.29, 1.82) is 0 Å². The summed E-state index contributed by atoms with van der Waals surface area (Å²) in [4.78, 5) is 19.4. The topological polar surface area (TPSA) is 63.1 Å². The van der Waals surface area contributed by atoms with Gasteiger partial charge in [0.15, 0.2) is 0 Å². The molecule has 0 aliphatic carbocycles. The van der Waals surface area contributed by atoms with E-state index in [2.05, 4.69) is 22.3 Å². The van der Waals surface area contributed by atoms with Crippen LogP contribution in [0.25, 0.3) is 5.69 Å². The molecule has 8 heteroatoms. The van der Waals surface area contributed by atoms with E-state index in [9.17, 15) is 4.79 Å². The summed E-state index contributed by atoms with van der Waals surface area (Å²) in [6.45, 7) is 4.67. The molecule has 1 saturated heterocycles. The second-order valence-electron chi connectivity index (χ2n) is 7.09. The summed E-state index contributed by atoms with van der Waals surface area (Å²) in [7, 11) is 1.98. The molecular weight excluding hydrogens is 397 g/mol. The SMILES string of the molecule is CCCc1nc(C(=O)N2CCC(CCNC)CC2)nn1-c1ccccc1Cl.Cl. The molecule has 1 aliphatic rings. The van der Waals surface area contributed by atoms with Gasteiger partial charge < -0.3 is 10.2 Å². The third kappa shape index (κ3) is 5.25. The summed E-state index contributed by atoms with van der Waals surface area (Å²) in [5.74, 6) is 1.65. The normalized spacial score (nSPS) is 14.8. The van der Waals surface area contributed by atoms with Gasteiger partial charge in [0.25, 0.3) is 5.91 Å². The predicted octanol–water partition coefficient (Wildman–Crippen LogP) is 3.76. The lowest BCUT2D eigenvalue weighted by atomic mass is 9.93. The van der Waals surface area contributed by atoms with Crippen LogP contribution in [0.3, 0.4) is 0 Å². The van der Waals surface area contributed by atoms with Crippen LogP contribution in [0.1, 0.15) is 49.1 Å². The number of nitrogens with one attached hydrogen (secondary N) is 1. The van der Waals surface area contributed by atoms with E-state index < -0.39 is 0 Å². The van der Waals surface area contributed by atoms with Gasteiger partial charge in [-0.1, -0.05) is 30.7 Å². The molecule has 1 amide bonds. The molecule has 0 saturated carbocycles. The number of aryl methyl sites for hydroxylation is 1. The summed E-state index contributed by atoms with van der Waals surface area (Å²) in [6.07, 6.45) is 4.92. The van der Waals surface area contributed by atoms with Gasteiger partial charge in [-0.3, -0.25) is 4.79 Å². The van der Waals surface area contributed by atoms with Crippen molar-refractivity contribution in [1.82, 2.24) is 25.0 Å². The number of carbonyl (C=O) groups is 1. The van der Waals surface area contributed by atoms with Crippen LogP contribution in [0.2, 0.25) is 5.02 Å². The molecule has 2 heterocycles. The minimum atomic E-state index is -0.0785. The number of hydrogen-bond donors (Lipinski definition) is 1. The summed E-state index contributed by atoms with van der Waals surface area (Å²) < 4.78 is 1.72. The number of likely N-dealkylation sites (tertiary alicyclic amines) is 1. The third-order valence-electron chi connectivity index (χ3n) is 5.12. The van der Waals surface area contributed by atoms with Gasteiger partial charge >= 0.3 is 0 Å². The number of aromatic nitrogens is 3. The Morgan fingerprint density at radius 2 is 2.00 bits per heavy atom. The number of benzene rings is 1. The molecule has 1 N–H and O–H groups in total. The quantitative estimate of drug-likeness (QED) is 0.733. The van der Waals surface area contributed by atoms with Crippen LogP contribution in [0, 0.1) is 5.92 Å². The third-order valence-corrected chi connectivity index (χ3v) is 5.44. The first-order chi connectivity index (χ1) is 13.1. The Morgan fingerprint density at radius 1 is 1.29 bits per heavy atom. The Hall–Kier alpha value is -1.63. The van der Waals surface area contributed by atoms with Crippen molar-refractivity contribution >= 4 is 29.9 Å². The van der Waals surface area contributed by atoms with Crippen molar-refractivity contribution in [2.45, 2.75) is 39.0 Å². The van der Waals surface area contributed by atoms with E-state index in [4.69, 9.17) is 11.6 Å². The van der Waals surface area contributed by atoms with Crippen LogP contribution in [-0.4, -0.2) is 52.3 Å². The molecule has 0 bridgehead atoms. The first kappa shape index (κ1) is 22.7. The molecular formula is C20H29Cl2N5O. The lowest BCUT2D eigenvalue weighted by molar-refractivity contribution is 0.0674. The fourth-order valence-electron chi connectivity index (χ4n) is 3.55. The fourth-order valence-corrected chi connectivity index (χ4v) is 3.77. The van der Waals surface area contributed by atoms with Crippen LogP contribution in [0.4, 0.5) is 0 Å². The average molecular weight is 426 g/mol. The highest BCUT2D eigenvalue weighted by Crippen LogP contribution is 2.23. The fraction of sp³-hybridized carbons (Fsp3) is 0.550. The Balaban J connectivity index is 0.00000280. The smallest absolute Gasteiger partial charge is 0.293 e. The van der Waals surface area contributed by atoms with E-state index >= 15 is 0 Å². The number of nitrogens with zero attached hydrogens (tertiary/aromatic N) is 4. The van der Waals surface area contributed by atoms with Crippen LogP contribution < -0.4 is 5.32 Å². The zero-order valence-electron chi connectivity index (χ0n) is 16.5. The summed E-state index contributed by atoms with van der Waals surface area (Å²) in [6, 6.07) is 7.52. The van der Waals surface area contributed by atoms with Gasteiger partial charge in [0.2, 0.25) is 5.82 Å². The molecule has 0 radical (unpaired) electrons. The zero-order valence-corrected chi connectivity index (χ0v) is 18.1. The number of amides is 1. The number of carbonyl (C=O) groups excluding carboxylic acids is 1. The Bertz CT molecular complexity index is 772. The van der Waals surface area contributed by atoms with Gasteiger partial charge in [-0.05, 0) is 57.3 Å². The van der Waals surface area contributed by atoms with Crippen molar-refractivity contribution < 1.29 is 4.79 Å². The molecule has 0 spiro atoms. The Morgan fingerprint density at radius 3 is 2.64 bits per heavy atom. The number of rotatable bonds is 7. The summed E-state index contributed by atoms with van der Waals surface area (Å²) in [5, 5.41) is 8.33. The van der Waals surface area contributed by atoms with Gasteiger partial charge in [0.1, 0.15) is 5.82 Å². The Kier molecular flexibility index (Phi) is 8.73. The summed E-state index contributed by atoms with van der Waals surface area (Å²) in [5.41, 5.74) is 0.764. The molecule has 1 aromatic heterocycles. The van der Waals surface area contributed by atoms with Crippen LogP contribution >= 0.6 is 24.0 Å². The zero-order chi connectivity index (χ0) is 19.2. The highest BCUT2D eigenvalue weighted by molar-refractivity contribution is 6.32. The molecule has 0 atom stereocenters. The standard InChI is InChI=1S/C20H28ClN5O.ClH/c1-3-6-18-23-19(24-26(18)17-8-5-4-7-16(17)21)20(27)25-13-10-15(11-14-25)9-12-22-2;/h4-5,7-8,15,22H,3,6,9-14H2,1-2H3;1H. The minimum Gasteiger partial charge on any atom is -0.336 e. The summed E-state index contributed by atoms with van der Waals surface area (Å²) >= 11 is 6.34. The minimum absolute atomic E-state index is 0. The largest absolute Gasteiger partial charge is 0.336 e. The van der Waals surface area contributed by atoms with Crippen LogP contribution in [-0.2, 0) is 6.42 Å². The molecule has 154 valence electrons. The predicted molar refractivity (Wildman–Crippen MR) is 115 cm³/mol. The molecule has 3 rings (SSSR count).